The van der Waals surface area contributed by atoms with E-state index in [9.17, 15) is 8.42 Å². The molecule has 4 nitrogen and oxygen atoms in total. The molecule has 0 aliphatic carbocycles. The Kier molecular flexibility index (Phi) is 3.29. The molecule has 0 amide bonds. The van der Waals surface area contributed by atoms with E-state index in [-0.39, 0.29) is 11.6 Å². The summed E-state index contributed by atoms with van der Waals surface area (Å²) in [5.74, 6) is 0.752. The number of nitrogens with zero attached hydrogens (tertiary/aromatic N) is 1. The van der Waals surface area contributed by atoms with Crippen LogP contribution < -0.4 is 5.32 Å². The Morgan fingerprint density at radius 2 is 2.12 bits per heavy atom. The lowest BCUT2D eigenvalue weighted by atomic mass is 10.00. The monoisotopic (exact) mass is 246 g/mol. The average Bonchev–Trinajstić information content (AvgIpc) is 2.14. The molecule has 2 heterocycles. The highest BCUT2D eigenvalue weighted by Crippen LogP contribution is 2.21. The Morgan fingerprint density at radius 3 is 2.75 bits per heavy atom. The maximum absolute atomic E-state index is 11.6. The first-order chi connectivity index (χ1) is 7.38. The Labute approximate surface area is 98.3 Å². The number of piperazine rings is 1. The minimum Gasteiger partial charge on any atom is -0.309 e. The molecule has 0 aromatic rings. The van der Waals surface area contributed by atoms with Gasteiger partial charge in [-0.05, 0) is 26.7 Å². The van der Waals surface area contributed by atoms with Crippen molar-refractivity contribution in [2.45, 2.75) is 38.3 Å². The van der Waals surface area contributed by atoms with Crippen LogP contribution in [0.1, 0.15) is 26.7 Å². The fraction of sp³-hybridized carbons (Fsp3) is 1.00. The van der Waals surface area contributed by atoms with Gasteiger partial charge in [0.1, 0.15) is 0 Å². The molecule has 0 aromatic heterocycles. The zero-order valence-electron chi connectivity index (χ0n) is 10.2. The Morgan fingerprint density at radius 1 is 1.38 bits per heavy atom. The zero-order chi connectivity index (χ0) is 11.8. The quantitative estimate of drug-likeness (QED) is 0.720. The lowest BCUT2D eigenvalue weighted by molar-refractivity contribution is 0.111. The number of hydrogen-bond acceptors (Lipinski definition) is 4. The van der Waals surface area contributed by atoms with Gasteiger partial charge in [0.25, 0.3) is 0 Å². The largest absolute Gasteiger partial charge is 0.309 e. The van der Waals surface area contributed by atoms with Crippen molar-refractivity contribution in [3.63, 3.8) is 0 Å². The predicted molar refractivity (Wildman–Crippen MR) is 65.3 cm³/mol. The Balaban J connectivity index is 2.02. The van der Waals surface area contributed by atoms with Gasteiger partial charge in [0.2, 0.25) is 0 Å². The van der Waals surface area contributed by atoms with Crippen molar-refractivity contribution in [3.8, 4) is 0 Å². The summed E-state index contributed by atoms with van der Waals surface area (Å²) < 4.78 is 23.2. The molecule has 5 heteroatoms. The number of nitrogens with one attached hydrogen (secondary N) is 1. The second-order valence-corrected chi connectivity index (χ2v) is 7.92. The predicted octanol–water partition coefficient (Wildman–Crippen LogP) is 0.247. The third-order valence-corrected chi connectivity index (χ3v) is 5.36. The summed E-state index contributed by atoms with van der Waals surface area (Å²) in [7, 11) is -2.78. The van der Waals surface area contributed by atoms with Gasteiger partial charge in [0.15, 0.2) is 9.84 Å². The molecule has 0 spiro atoms. The van der Waals surface area contributed by atoms with Crippen molar-refractivity contribution in [3.05, 3.63) is 0 Å². The maximum Gasteiger partial charge on any atom is 0.151 e. The number of sulfone groups is 1. The summed E-state index contributed by atoms with van der Waals surface area (Å²) in [6.45, 7) is 7.24. The maximum atomic E-state index is 11.6. The van der Waals surface area contributed by atoms with E-state index in [1.165, 1.54) is 0 Å². The van der Waals surface area contributed by atoms with Crippen LogP contribution in [0.4, 0.5) is 0 Å². The lowest BCUT2D eigenvalue weighted by Gasteiger charge is -2.44. The topological polar surface area (TPSA) is 49.4 Å². The van der Waals surface area contributed by atoms with E-state index in [1.54, 1.807) is 0 Å². The first-order valence-corrected chi connectivity index (χ1v) is 7.90. The number of rotatable bonds is 1. The van der Waals surface area contributed by atoms with E-state index < -0.39 is 9.84 Å². The van der Waals surface area contributed by atoms with E-state index >= 15 is 0 Å². The molecule has 16 heavy (non-hydrogen) atoms. The summed E-state index contributed by atoms with van der Waals surface area (Å²) in [6.07, 6.45) is 1.87. The van der Waals surface area contributed by atoms with E-state index in [2.05, 4.69) is 24.1 Å². The molecule has 0 radical (unpaired) electrons. The molecule has 2 rings (SSSR count). The van der Waals surface area contributed by atoms with Crippen molar-refractivity contribution in [2.24, 2.45) is 0 Å². The Hall–Kier alpha value is -0.130. The molecule has 2 fully saturated rings. The molecule has 0 aromatic carbocycles. The molecule has 2 aliphatic rings. The fourth-order valence-electron chi connectivity index (χ4n) is 2.78. The van der Waals surface area contributed by atoms with Crippen LogP contribution in [-0.4, -0.2) is 56.0 Å². The summed E-state index contributed by atoms with van der Waals surface area (Å²) in [4.78, 5) is 2.35. The van der Waals surface area contributed by atoms with Gasteiger partial charge in [0, 0.05) is 31.2 Å². The van der Waals surface area contributed by atoms with Crippen molar-refractivity contribution < 1.29 is 8.42 Å². The van der Waals surface area contributed by atoms with E-state index in [0.29, 0.717) is 11.5 Å². The van der Waals surface area contributed by atoms with Crippen molar-refractivity contribution >= 4 is 9.84 Å². The molecule has 94 valence electrons. The van der Waals surface area contributed by atoms with Crippen molar-refractivity contribution in [1.29, 1.82) is 0 Å². The van der Waals surface area contributed by atoms with Crippen LogP contribution in [0.25, 0.3) is 0 Å². The molecule has 1 N–H and O–H groups in total. The van der Waals surface area contributed by atoms with Crippen molar-refractivity contribution in [1.82, 2.24) is 10.2 Å². The van der Waals surface area contributed by atoms with Crippen LogP contribution in [0.15, 0.2) is 0 Å². The minimum atomic E-state index is -2.78. The van der Waals surface area contributed by atoms with Crippen LogP contribution in [0.2, 0.25) is 0 Å². The minimum absolute atomic E-state index is 0.111. The second kappa shape index (κ2) is 4.27. The smallest absolute Gasteiger partial charge is 0.151 e. The van der Waals surface area contributed by atoms with Gasteiger partial charge in [-0.3, -0.25) is 4.90 Å². The van der Waals surface area contributed by atoms with Gasteiger partial charge in [0.05, 0.1) is 11.5 Å². The first kappa shape index (κ1) is 12.3. The molecule has 0 bridgehead atoms. The van der Waals surface area contributed by atoms with Crippen LogP contribution >= 0.6 is 0 Å². The van der Waals surface area contributed by atoms with E-state index in [0.717, 1.165) is 32.5 Å². The third kappa shape index (κ3) is 2.96. The highest BCUT2D eigenvalue weighted by molar-refractivity contribution is 7.91. The third-order valence-electron chi connectivity index (χ3n) is 3.56. The lowest BCUT2D eigenvalue weighted by Crippen LogP contribution is -2.60. The van der Waals surface area contributed by atoms with Gasteiger partial charge in [-0.1, -0.05) is 0 Å². The normalized spacial score (nSPS) is 34.8. The van der Waals surface area contributed by atoms with Gasteiger partial charge in [-0.2, -0.15) is 0 Å². The summed E-state index contributed by atoms with van der Waals surface area (Å²) in [5, 5.41) is 3.46. The highest BCUT2D eigenvalue weighted by Gasteiger charge is 2.34. The standard InChI is InChI=1S/C11H22N2O2S/c1-11(2)9-13(6-5-12-11)10-4-3-7-16(14,15)8-10/h10,12H,3-9H2,1-2H3. The van der Waals surface area contributed by atoms with Crippen LogP contribution in [-0.2, 0) is 9.84 Å². The molecule has 1 unspecified atom stereocenters. The number of hydrogen-bond donors (Lipinski definition) is 1. The fourth-order valence-corrected chi connectivity index (χ4v) is 4.52. The first-order valence-electron chi connectivity index (χ1n) is 6.07. The second-order valence-electron chi connectivity index (χ2n) is 5.69. The molecule has 2 aliphatic heterocycles. The van der Waals surface area contributed by atoms with E-state index in [1.807, 2.05) is 0 Å². The highest BCUT2D eigenvalue weighted by atomic mass is 32.2. The summed E-state index contributed by atoms with van der Waals surface area (Å²) in [6, 6.07) is 0.250. The summed E-state index contributed by atoms with van der Waals surface area (Å²) in [5.41, 5.74) is 0.111. The molecule has 1 atom stereocenters. The molecular formula is C11H22N2O2S. The van der Waals surface area contributed by atoms with Gasteiger partial charge in [-0.25, -0.2) is 8.42 Å². The van der Waals surface area contributed by atoms with Gasteiger partial charge in [-0.15, -0.1) is 0 Å². The van der Waals surface area contributed by atoms with Gasteiger partial charge < -0.3 is 5.32 Å². The SMILES string of the molecule is CC1(C)CN(C2CCCS(=O)(=O)C2)CCN1. The molecular weight excluding hydrogens is 224 g/mol. The van der Waals surface area contributed by atoms with Crippen LogP contribution in [0.3, 0.4) is 0 Å². The average molecular weight is 246 g/mol. The molecule has 0 saturated carbocycles. The van der Waals surface area contributed by atoms with Crippen LogP contribution in [0, 0.1) is 0 Å². The van der Waals surface area contributed by atoms with Crippen LogP contribution in [0.5, 0.6) is 0 Å². The van der Waals surface area contributed by atoms with Crippen molar-refractivity contribution in [2.75, 3.05) is 31.1 Å². The summed E-state index contributed by atoms with van der Waals surface area (Å²) >= 11 is 0. The molecule has 2 saturated heterocycles. The van der Waals surface area contributed by atoms with Gasteiger partial charge >= 0.3 is 0 Å². The zero-order valence-corrected chi connectivity index (χ0v) is 11.0. The van der Waals surface area contributed by atoms with E-state index in [4.69, 9.17) is 0 Å². The Bertz CT molecular complexity index is 351.